The maximum absolute atomic E-state index is 12.9. The molecule has 2 N–H and O–H groups in total. The summed E-state index contributed by atoms with van der Waals surface area (Å²) >= 11 is 3.34. The van der Waals surface area contributed by atoms with Crippen LogP contribution in [0.1, 0.15) is 17.0 Å². The number of benzene rings is 2. The number of aryl methyl sites for hydroxylation is 1. The number of nitriles is 1. The molecule has 2 aromatic rings. The summed E-state index contributed by atoms with van der Waals surface area (Å²) in [7, 11) is -3.67. The summed E-state index contributed by atoms with van der Waals surface area (Å²) in [4.78, 5) is 0.206. The SMILES string of the molecule is Cc1ccc(S(=O)(=O)[C@@H]2[C@@H](c3ccc(Br)cc3)[C@]2(N)C#N)cc1. The summed E-state index contributed by atoms with van der Waals surface area (Å²) in [5.74, 6) is -0.521. The Kier molecular flexibility index (Phi) is 3.83. The van der Waals surface area contributed by atoms with Gasteiger partial charge < -0.3 is 5.73 Å². The van der Waals surface area contributed by atoms with Crippen molar-refractivity contribution in [3.8, 4) is 6.07 Å². The zero-order chi connectivity index (χ0) is 16.8. The number of nitrogens with two attached hydrogens (primary N) is 1. The van der Waals surface area contributed by atoms with Gasteiger partial charge >= 0.3 is 0 Å². The number of hydrogen-bond donors (Lipinski definition) is 1. The third-order valence-electron chi connectivity index (χ3n) is 4.29. The van der Waals surface area contributed by atoms with Crippen LogP contribution in [0.3, 0.4) is 0 Å². The van der Waals surface area contributed by atoms with E-state index in [1.165, 1.54) is 0 Å². The van der Waals surface area contributed by atoms with E-state index in [0.29, 0.717) is 0 Å². The van der Waals surface area contributed by atoms with Gasteiger partial charge in [0.05, 0.1) is 11.0 Å². The molecule has 0 aromatic heterocycles. The van der Waals surface area contributed by atoms with Crippen molar-refractivity contribution in [2.75, 3.05) is 0 Å². The zero-order valence-corrected chi connectivity index (χ0v) is 14.8. The van der Waals surface area contributed by atoms with Gasteiger partial charge in [-0.1, -0.05) is 45.8 Å². The van der Waals surface area contributed by atoms with Crippen molar-refractivity contribution in [1.29, 1.82) is 5.26 Å². The van der Waals surface area contributed by atoms with Crippen LogP contribution >= 0.6 is 15.9 Å². The van der Waals surface area contributed by atoms with Crippen molar-refractivity contribution in [3.05, 3.63) is 64.1 Å². The van der Waals surface area contributed by atoms with Crippen LogP contribution in [0.5, 0.6) is 0 Å². The lowest BCUT2D eigenvalue weighted by Gasteiger charge is -2.05. The molecule has 0 radical (unpaired) electrons. The van der Waals surface area contributed by atoms with Crippen LogP contribution in [0.4, 0.5) is 0 Å². The van der Waals surface area contributed by atoms with Gasteiger partial charge in [-0.25, -0.2) is 8.42 Å². The molecule has 1 saturated carbocycles. The van der Waals surface area contributed by atoms with E-state index >= 15 is 0 Å². The number of halogens is 1. The smallest absolute Gasteiger partial charge is 0.184 e. The lowest BCUT2D eigenvalue weighted by Crippen LogP contribution is -2.29. The van der Waals surface area contributed by atoms with Crippen LogP contribution in [-0.4, -0.2) is 19.2 Å². The monoisotopic (exact) mass is 390 g/mol. The molecule has 0 aliphatic heterocycles. The molecule has 3 atom stereocenters. The summed E-state index contributed by atoms with van der Waals surface area (Å²) in [6.45, 7) is 1.89. The molecule has 23 heavy (non-hydrogen) atoms. The predicted molar refractivity (Wildman–Crippen MR) is 91.6 cm³/mol. The average molecular weight is 391 g/mol. The van der Waals surface area contributed by atoms with Crippen molar-refractivity contribution in [1.82, 2.24) is 0 Å². The maximum Gasteiger partial charge on any atom is 0.184 e. The normalized spacial score (nSPS) is 26.5. The van der Waals surface area contributed by atoms with E-state index in [4.69, 9.17) is 5.73 Å². The molecule has 1 fully saturated rings. The summed E-state index contributed by atoms with van der Waals surface area (Å²) in [6.07, 6.45) is 0. The van der Waals surface area contributed by atoms with Crippen LogP contribution in [0.2, 0.25) is 0 Å². The van der Waals surface area contributed by atoms with Gasteiger partial charge in [-0.05, 0) is 36.8 Å². The van der Waals surface area contributed by atoms with Crippen molar-refractivity contribution >= 4 is 25.8 Å². The minimum absolute atomic E-state index is 0.206. The molecule has 0 amide bonds. The van der Waals surface area contributed by atoms with E-state index in [2.05, 4.69) is 15.9 Å². The fourth-order valence-electron chi connectivity index (χ4n) is 2.94. The molecule has 0 unspecified atom stereocenters. The second kappa shape index (κ2) is 5.45. The Morgan fingerprint density at radius 1 is 1.13 bits per heavy atom. The quantitative estimate of drug-likeness (QED) is 0.872. The molecule has 0 bridgehead atoms. The van der Waals surface area contributed by atoms with Gasteiger partial charge in [0.1, 0.15) is 10.8 Å². The standard InChI is InChI=1S/C17H15BrN2O2S/c1-11-2-8-14(9-3-11)23(21,22)16-15(17(16,20)10-19)12-4-6-13(18)7-5-12/h2-9,15-16H,20H2,1H3/t15-,16-,17-/m1/s1. The van der Waals surface area contributed by atoms with E-state index in [1.807, 2.05) is 25.1 Å². The van der Waals surface area contributed by atoms with Crippen molar-refractivity contribution in [2.45, 2.75) is 28.5 Å². The second-order valence-electron chi connectivity index (χ2n) is 5.85. The largest absolute Gasteiger partial charge is 0.312 e. The average Bonchev–Trinajstić information content (AvgIpc) is 3.16. The summed E-state index contributed by atoms with van der Waals surface area (Å²) in [5.41, 5.74) is 6.45. The molecule has 1 aliphatic carbocycles. The van der Waals surface area contributed by atoms with Gasteiger partial charge in [0.2, 0.25) is 0 Å². The molecule has 6 heteroatoms. The summed E-state index contributed by atoms with van der Waals surface area (Å²) in [6, 6.07) is 15.9. The van der Waals surface area contributed by atoms with E-state index in [-0.39, 0.29) is 4.90 Å². The number of hydrogen-bond acceptors (Lipinski definition) is 4. The van der Waals surface area contributed by atoms with E-state index in [9.17, 15) is 13.7 Å². The van der Waals surface area contributed by atoms with Gasteiger partial charge in [-0.15, -0.1) is 0 Å². The molecule has 4 nitrogen and oxygen atoms in total. The molecule has 1 aliphatic rings. The van der Waals surface area contributed by atoms with Gasteiger partial charge in [-0.2, -0.15) is 5.26 Å². The fourth-order valence-corrected chi connectivity index (χ4v) is 5.39. The minimum atomic E-state index is -3.67. The van der Waals surface area contributed by atoms with Crippen molar-refractivity contribution < 1.29 is 8.42 Å². The van der Waals surface area contributed by atoms with E-state index in [0.717, 1.165) is 15.6 Å². The number of rotatable bonds is 3. The first-order valence-corrected chi connectivity index (χ1v) is 9.41. The highest BCUT2D eigenvalue weighted by atomic mass is 79.9. The lowest BCUT2D eigenvalue weighted by molar-refractivity contribution is 0.592. The van der Waals surface area contributed by atoms with E-state index in [1.54, 1.807) is 36.4 Å². The highest BCUT2D eigenvalue weighted by Gasteiger charge is 2.70. The van der Waals surface area contributed by atoms with Crippen LogP contribution in [0.15, 0.2) is 57.9 Å². The van der Waals surface area contributed by atoms with Gasteiger partial charge in [0, 0.05) is 10.4 Å². The Bertz CT molecular complexity index is 886. The highest BCUT2D eigenvalue weighted by molar-refractivity contribution is 9.10. The summed E-state index contributed by atoms with van der Waals surface area (Å²) in [5, 5.41) is 8.50. The third-order valence-corrected chi connectivity index (χ3v) is 7.07. The Morgan fingerprint density at radius 3 is 2.22 bits per heavy atom. The highest BCUT2D eigenvalue weighted by Crippen LogP contribution is 2.55. The predicted octanol–water partition coefficient (Wildman–Crippen LogP) is 2.92. The fraction of sp³-hybridized carbons (Fsp3) is 0.235. The van der Waals surface area contributed by atoms with Crippen LogP contribution in [-0.2, 0) is 9.84 Å². The lowest BCUT2D eigenvalue weighted by atomic mass is 10.1. The molecule has 118 valence electrons. The second-order valence-corrected chi connectivity index (χ2v) is 8.84. The van der Waals surface area contributed by atoms with Crippen LogP contribution < -0.4 is 5.73 Å². The van der Waals surface area contributed by atoms with Crippen molar-refractivity contribution in [3.63, 3.8) is 0 Å². The first kappa shape index (κ1) is 16.2. The van der Waals surface area contributed by atoms with Crippen LogP contribution in [0.25, 0.3) is 0 Å². The topological polar surface area (TPSA) is 83.9 Å². The Balaban J connectivity index is 2.03. The zero-order valence-electron chi connectivity index (χ0n) is 12.4. The van der Waals surface area contributed by atoms with Crippen molar-refractivity contribution in [2.24, 2.45) is 5.73 Å². The van der Waals surface area contributed by atoms with E-state index < -0.39 is 26.5 Å². The Labute approximate surface area is 144 Å². The minimum Gasteiger partial charge on any atom is -0.312 e. The molecular weight excluding hydrogens is 376 g/mol. The Morgan fingerprint density at radius 2 is 1.70 bits per heavy atom. The molecule has 0 heterocycles. The molecule has 3 rings (SSSR count). The first-order valence-electron chi connectivity index (χ1n) is 7.07. The molecule has 2 aromatic carbocycles. The maximum atomic E-state index is 12.9. The first-order chi connectivity index (χ1) is 10.8. The Hall–Kier alpha value is -1.68. The molecule has 0 spiro atoms. The number of nitrogens with zero attached hydrogens (tertiary/aromatic N) is 1. The van der Waals surface area contributed by atoms with Gasteiger partial charge in [0.15, 0.2) is 9.84 Å². The van der Waals surface area contributed by atoms with Crippen LogP contribution in [0, 0.1) is 18.3 Å². The third kappa shape index (κ3) is 2.59. The summed E-state index contributed by atoms with van der Waals surface area (Å²) < 4.78 is 26.7. The van der Waals surface area contributed by atoms with Gasteiger partial charge in [-0.3, -0.25) is 0 Å². The molecule has 0 saturated heterocycles. The van der Waals surface area contributed by atoms with Gasteiger partial charge in [0.25, 0.3) is 0 Å². The number of sulfone groups is 1. The molecular formula is C17H15BrN2O2S.